The quantitative estimate of drug-likeness (QED) is 0.284. The average molecular weight is 573 g/mol. The first-order valence-electron chi connectivity index (χ1n) is 13.2. The monoisotopic (exact) mass is 572 g/mol. The summed E-state index contributed by atoms with van der Waals surface area (Å²) in [5.74, 6) is 1.12. The third kappa shape index (κ3) is 6.96. The zero-order valence-electron chi connectivity index (χ0n) is 21.9. The molecule has 2 fully saturated rings. The van der Waals surface area contributed by atoms with E-state index in [4.69, 9.17) is 11.6 Å². The van der Waals surface area contributed by atoms with Crippen LogP contribution in [0.5, 0.6) is 0 Å². The summed E-state index contributed by atoms with van der Waals surface area (Å²) in [4.78, 5) is 13.4. The summed E-state index contributed by atoms with van der Waals surface area (Å²) in [5, 5.41) is 10.00. The highest BCUT2D eigenvalue weighted by molar-refractivity contribution is 7.67. The van der Waals surface area contributed by atoms with Crippen molar-refractivity contribution in [2.45, 2.75) is 12.8 Å². The molecule has 5 rings (SSSR count). The highest BCUT2D eigenvalue weighted by Gasteiger charge is 2.23. The molecule has 3 heterocycles. The standard InChI is InChI=1S/C27H34ClFN8OS/c1-35(39-38)25-5-3-2-4-23(25)33-26-21(28)17-31-27(34-26)32-20-6-7-24(22(29)16-20)37-14-12-36(13-15-37)18-19-8-10-30-11-9-19/h2-7,16-17,19,30,39H,8-15,18H2,1H3,(H2,31,32,33,34). The number of halogens is 2. The SMILES string of the molecule is CN([SH]=O)c1ccccc1Nc1nc(Nc2ccc(N3CCN(CC4CCNCC4)CC3)c(F)c2)ncc1Cl. The lowest BCUT2D eigenvalue weighted by Gasteiger charge is -2.38. The van der Waals surface area contributed by atoms with Crippen LogP contribution in [0.1, 0.15) is 12.8 Å². The van der Waals surface area contributed by atoms with Gasteiger partial charge in [0.1, 0.15) is 22.7 Å². The van der Waals surface area contributed by atoms with Gasteiger partial charge in [-0.25, -0.2) is 13.6 Å². The second kappa shape index (κ2) is 12.9. The van der Waals surface area contributed by atoms with Crippen molar-refractivity contribution in [3.8, 4) is 0 Å². The van der Waals surface area contributed by atoms with Crippen LogP contribution in [-0.4, -0.2) is 71.9 Å². The highest BCUT2D eigenvalue weighted by Crippen LogP contribution is 2.31. The van der Waals surface area contributed by atoms with Gasteiger partial charge in [-0.15, -0.1) is 0 Å². The van der Waals surface area contributed by atoms with Crippen molar-refractivity contribution in [3.05, 3.63) is 59.5 Å². The Morgan fingerprint density at radius 1 is 1.13 bits per heavy atom. The first kappa shape index (κ1) is 27.6. The molecule has 0 unspecified atom stereocenters. The third-order valence-electron chi connectivity index (χ3n) is 7.26. The van der Waals surface area contributed by atoms with Crippen LogP contribution in [-0.2, 0) is 11.9 Å². The molecular weight excluding hydrogens is 539 g/mol. The molecule has 9 nitrogen and oxygen atoms in total. The molecule has 12 heteroatoms. The van der Waals surface area contributed by atoms with Crippen molar-refractivity contribution in [2.24, 2.45) is 5.92 Å². The van der Waals surface area contributed by atoms with Crippen LogP contribution in [0.2, 0.25) is 5.02 Å². The molecule has 0 saturated carbocycles. The van der Waals surface area contributed by atoms with Gasteiger partial charge in [0, 0.05) is 45.5 Å². The lowest BCUT2D eigenvalue weighted by atomic mass is 9.97. The Hall–Kier alpha value is -2.99. The molecule has 0 aliphatic carbocycles. The summed E-state index contributed by atoms with van der Waals surface area (Å²) in [6, 6.07) is 12.5. The highest BCUT2D eigenvalue weighted by atomic mass is 35.5. The first-order chi connectivity index (χ1) is 19.0. The molecule has 2 saturated heterocycles. The van der Waals surface area contributed by atoms with Gasteiger partial charge >= 0.3 is 0 Å². The Bertz CT molecular complexity index is 1290. The van der Waals surface area contributed by atoms with Crippen molar-refractivity contribution >= 4 is 58.0 Å². The molecule has 1 aromatic heterocycles. The van der Waals surface area contributed by atoms with Crippen molar-refractivity contribution in [2.75, 3.05) is 72.7 Å². The van der Waals surface area contributed by atoms with E-state index in [-0.39, 0.29) is 23.6 Å². The minimum Gasteiger partial charge on any atom is -0.367 e. The molecule has 3 aromatic rings. The first-order valence-corrected chi connectivity index (χ1v) is 14.3. The van der Waals surface area contributed by atoms with Crippen LogP contribution in [0.15, 0.2) is 48.7 Å². The van der Waals surface area contributed by atoms with Crippen molar-refractivity contribution < 1.29 is 8.60 Å². The lowest BCUT2D eigenvalue weighted by molar-refractivity contribution is 0.196. The normalized spacial score (nSPS) is 16.7. The van der Waals surface area contributed by atoms with E-state index in [1.54, 1.807) is 11.4 Å². The topological polar surface area (TPSA) is 88.7 Å². The molecule has 0 atom stereocenters. The second-order valence-corrected chi connectivity index (χ2v) is 11.1. The van der Waals surface area contributed by atoms with E-state index in [1.807, 2.05) is 36.4 Å². The molecular formula is C27H34ClFN8OS. The number of rotatable bonds is 9. The van der Waals surface area contributed by atoms with Gasteiger partial charge in [0.15, 0.2) is 5.82 Å². The number of nitrogens with one attached hydrogen (secondary N) is 3. The number of piperidine rings is 1. The van der Waals surface area contributed by atoms with Crippen LogP contribution in [0, 0.1) is 11.7 Å². The number of anilines is 6. The largest absolute Gasteiger partial charge is 0.367 e. The van der Waals surface area contributed by atoms with Gasteiger partial charge in [-0.3, -0.25) is 9.21 Å². The summed E-state index contributed by atoms with van der Waals surface area (Å²) in [6.45, 7) is 6.89. The van der Waals surface area contributed by atoms with Crippen molar-refractivity contribution in [1.82, 2.24) is 20.2 Å². The number of hydrogen-bond acceptors (Lipinski definition) is 8. The molecule has 0 radical (unpaired) electrons. The fraction of sp³-hybridized carbons (Fsp3) is 0.407. The van der Waals surface area contributed by atoms with Crippen LogP contribution < -0.4 is 25.2 Å². The zero-order chi connectivity index (χ0) is 27.2. The summed E-state index contributed by atoms with van der Waals surface area (Å²) < 4.78 is 28.1. The molecule has 0 spiro atoms. The third-order valence-corrected chi connectivity index (χ3v) is 8.00. The van der Waals surface area contributed by atoms with Gasteiger partial charge in [-0.1, -0.05) is 23.7 Å². The molecule has 208 valence electrons. The number of thiol groups is 1. The van der Waals surface area contributed by atoms with Gasteiger partial charge in [0.2, 0.25) is 5.95 Å². The number of para-hydroxylation sites is 2. The van der Waals surface area contributed by atoms with Gasteiger partial charge in [0.05, 0.1) is 23.3 Å². The Morgan fingerprint density at radius 3 is 2.64 bits per heavy atom. The summed E-state index contributed by atoms with van der Waals surface area (Å²) in [7, 11) is 1.71. The lowest BCUT2D eigenvalue weighted by Crippen LogP contribution is -2.48. The van der Waals surface area contributed by atoms with Crippen LogP contribution in [0.4, 0.5) is 38.9 Å². The molecule has 2 aliphatic rings. The zero-order valence-corrected chi connectivity index (χ0v) is 23.6. The fourth-order valence-electron chi connectivity index (χ4n) is 5.12. The Balaban J connectivity index is 1.22. The van der Waals surface area contributed by atoms with E-state index in [1.165, 1.54) is 25.1 Å². The summed E-state index contributed by atoms with van der Waals surface area (Å²) in [5.41, 5.74) is 2.54. The van der Waals surface area contributed by atoms with Gasteiger partial charge in [-0.2, -0.15) is 4.98 Å². The van der Waals surface area contributed by atoms with E-state index in [2.05, 4.69) is 35.7 Å². The van der Waals surface area contributed by atoms with E-state index < -0.39 is 0 Å². The van der Waals surface area contributed by atoms with Crippen LogP contribution >= 0.6 is 11.6 Å². The summed E-state index contributed by atoms with van der Waals surface area (Å²) >= 11 is 6.21. The predicted molar refractivity (Wildman–Crippen MR) is 159 cm³/mol. The van der Waals surface area contributed by atoms with Crippen LogP contribution in [0.25, 0.3) is 0 Å². The predicted octanol–water partition coefficient (Wildman–Crippen LogP) is 4.17. The Kier molecular flexibility index (Phi) is 9.13. The van der Waals surface area contributed by atoms with E-state index in [0.29, 0.717) is 33.6 Å². The smallest absolute Gasteiger partial charge is 0.229 e. The second-order valence-electron chi connectivity index (χ2n) is 9.91. The maximum absolute atomic E-state index is 15.2. The number of benzene rings is 2. The minimum atomic E-state index is -0.284. The molecule has 39 heavy (non-hydrogen) atoms. The van der Waals surface area contributed by atoms with E-state index in [9.17, 15) is 4.21 Å². The molecule has 0 amide bonds. The van der Waals surface area contributed by atoms with Crippen molar-refractivity contribution in [3.63, 3.8) is 0 Å². The maximum Gasteiger partial charge on any atom is 0.229 e. The molecule has 3 N–H and O–H groups in total. The van der Waals surface area contributed by atoms with E-state index in [0.717, 1.165) is 51.7 Å². The minimum absolute atomic E-state index is 0.142. The van der Waals surface area contributed by atoms with Gasteiger partial charge in [0.25, 0.3) is 0 Å². The maximum atomic E-state index is 15.2. The van der Waals surface area contributed by atoms with Gasteiger partial charge in [-0.05, 0) is 62.2 Å². The average Bonchev–Trinajstić information content (AvgIpc) is 2.96. The Morgan fingerprint density at radius 2 is 1.90 bits per heavy atom. The van der Waals surface area contributed by atoms with Gasteiger partial charge < -0.3 is 20.9 Å². The number of hydrogen-bond donors (Lipinski definition) is 4. The number of aromatic nitrogens is 2. The summed E-state index contributed by atoms with van der Waals surface area (Å²) in [6.07, 6.45) is 3.96. The fourth-order valence-corrected chi connectivity index (χ4v) is 5.52. The van der Waals surface area contributed by atoms with Crippen molar-refractivity contribution in [1.29, 1.82) is 0 Å². The number of nitrogens with zero attached hydrogens (tertiary/aromatic N) is 5. The molecule has 0 bridgehead atoms. The number of piperazine rings is 1. The van der Waals surface area contributed by atoms with Crippen LogP contribution in [0.3, 0.4) is 0 Å². The Labute approximate surface area is 237 Å². The molecule has 2 aromatic carbocycles. The van der Waals surface area contributed by atoms with E-state index >= 15 is 4.39 Å². The molecule has 2 aliphatic heterocycles.